The minimum Gasteiger partial charge on any atom is -0.439 e. The van der Waals surface area contributed by atoms with Crippen molar-refractivity contribution in [3.05, 3.63) is 52.0 Å². The van der Waals surface area contributed by atoms with E-state index >= 15 is 0 Å². The van der Waals surface area contributed by atoms with Gasteiger partial charge in [-0.1, -0.05) is 27.7 Å². The molecular weight excluding hydrogens is 282 g/mol. The maximum Gasteiger partial charge on any atom is 0.269 e. The van der Waals surface area contributed by atoms with Crippen LogP contribution in [0.25, 0.3) is 0 Å². The number of benzene rings is 1. The van der Waals surface area contributed by atoms with Crippen molar-refractivity contribution >= 4 is 5.69 Å². The maximum absolute atomic E-state index is 10.7. The summed E-state index contributed by atoms with van der Waals surface area (Å²) in [6.07, 6.45) is 0. The molecule has 0 radical (unpaired) electrons. The van der Waals surface area contributed by atoms with Gasteiger partial charge >= 0.3 is 0 Å². The van der Waals surface area contributed by atoms with Gasteiger partial charge in [0.25, 0.3) is 5.69 Å². The summed E-state index contributed by atoms with van der Waals surface area (Å²) >= 11 is 0. The average Bonchev–Trinajstić information content (AvgIpc) is 2.47. The minimum absolute atomic E-state index is 0.0285. The molecule has 0 saturated heterocycles. The summed E-state index contributed by atoms with van der Waals surface area (Å²) in [5, 5.41) is 10.7. The molecule has 22 heavy (non-hydrogen) atoms. The topological polar surface area (TPSA) is 78.2 Å². The molecular formula is C16H19N3O3. The summed E-state index contributed by atoms with van der Waals surface area (Å²) in [6, 6.07) is 7.74. The van der Waals surface area contributed by atoms with Gasteiger partial charge in [0.05, 0.1) is 10.6 Å². The zero-order valence-electron chi connectivity index (χ0n) is 13.1. The molecule has 0 aliphatic rings. The molecule has 0 unspecified atom stereocenters. The van der Waals surface area contributed by atoms with Gasteiger partial charge in [0.15, 0.2) is 0 Å². The van der Waals surface area contributed by atoms with Crippen LogP contribution in [0.5, 0.6) is 11.6 Å². The molecule has 0 saturated carbocycles. The summed E-state index contributed by atoms with van der Waals surface area (Å²) < 4.78 is 5.72. The van der Waals surface area contributed by atoms with E-state index in [4.69, 9.17) is 4.74 Å². The highest BCUT2D eigenvalue weighted by Crippen LogP contribution is 2.26. The van der Waals surface area contributed by atoms with Crippen LogP contribution in [0.4, 0.5) is 5.69 Å². The van der Waals surface area contributed by atoms with Crippen LogP contribution in [0.2, 0.25) is 0 Å². The van der Waals surface area contributed by atoms with Gasteiger partial charge in [-0.2, -0.15) is 4.98 Å². The predicted octanol–water partition coefficient (Wildman–Crippen LogP) is 4.42. The molecule has 0 spiro atoms. The van der Waals surface area contributed by atoms with E-state index in [0.29, 0.717) is 11.6 Å². The highest BCUT2D eigenvalue weighted by atomic mass is 16.6. The van der Waals surface area contributed by atoms with E-state index < -0.39 is 4.92 Å². The average molecular weight is 301 g/mol. The molecule has 116 valence electrons. The van der Waals surface area contributed by atoms with Crippen LogP contribution in [-0.4, -0.2) is 14.9 Å². The number of nitrogens with zero attached hydrogens (tertiary/aromatic N) is 3. The Hall–Kier alpha value is -2.50. The van der Waals surface area contributed by atoms with Gasteiger partial charge in [0.1, 0.15) is 11.6 Å². The second kappa shape index (κ2) is 6.51. The van der Waals surface area contributed by atoms with E-state index in [-0.39, 0.29) is 17.5 Å². The third-order valence-electron chi connectivity index (χ3n) is 3.12. The number of rotatable bonds is 5. The number of hydrogen-bond donors (Lipinski definition) is 0. The predicted molar refractivity (Wildman–Crippen MR) is 83.4 cm³/mol. The minimum atomic E-state index is -0.442. The first-order valence-electron chi connectivity index (χ1n) is 7.18. The standard InChI is InChI=1S/C16H19N3O3/c1-10(2)14-9-15(18-16(17-14)11(3)4)22-13-7-5-12(6-8-13)19(20)21/h5-11H,1-4H3. The molecule has 0 aliphatic carbocycles. The second-order valence-corrected chi connectivity index (χ2v) is 5.65. The van der Waals surface area contributed by atoms with Crippen LogP contribution >= 0.6 is 0 Å². The van der Waals surface area contributed by atoms with Crippen molar-refractivity contribution in [3.8, 4) is 11.6 Å². The van der Waals surface area contributed by atoms with Gasteiger partial charge in [-0.05, 0) is 18.1 Å². The Bertz CT molecular complexity index is 641. The van der Waals surface area contributed by atoms with Crippen molar-refractivity contribution in [2.24, 2.45) is 0 Å². The lowest BCUT2D eigenvalue weighted by atomic mass is 10.1. The van der Waals surface area contributed by atoms with E-state index in [9.17, 15) is 10.1 Å². The lowest BCUT2D eigenvalue weighted by Gasteiger charge is -2.12. The van der Waals surface area contributed by atoms with Gasteiger partial charge in [-0.25, -0.2) is 4.98 Å². The fraction of sp³-hybridized carbons (Fsp3) is 0.375. The van der Waals surface area contributed by atoms with Gasteiger partial charge in [0.2, 0.25) is 5.88 Å². The summed E-state index contributed by atoms with van der Waals surface area (Å²) in [6.45, 7) is 8.16. The summed E-state index contributed by atoms with van der Waals surface area (Å²) in [5.41, 5.74) is 0.941. The molecule has 0 fully saturated rings. The fourth-order valence-corrected chi connectivity index (χ4v) is 1.82. The number of non-ortho nitro benzene ring substituents is 1. The molecule has 0 N–H and O–H groups in total. The van der Waals surface area contributed by atoms with E-state index in [1.807, 2.05) is 13.8 Å². The number of aromatic nitrogens is 2. The fourth-order valence-electron chi connectivity index (χ4n) is 1.82. The quantitative estimate of drug-likeness (QED) is 0.603. The van der Waals surface area contributed by atoms with Gasteiger partial charge in [0, 0.05) is 24.1 Å². The number of hydrogen-bond acceptors (Lipinski definition) is 5. The highest BCUT2D eigenvalue weighted by molar-refractivity contribution is 5.37. The van der Waals surface area contributed by atoms with E-state index in [1.54, 1.807) is 18.2 Å². The molecule has 0 aliphatic heterocycles. The van der Waals surface area contributed by atoms with E-state index in [1.165, 1.54) is 12.1 Å². The van der Waals surface area contributed by atoms with Crippen LogP contribution in [-0.2, 0) is 0 Å². The molecule has 6 heteroatoms. The summed E-state index contributed by atoms with van der Waals surface area (Å²) in [7, 11) is 0. The third kappa shape index (κ3) is 3.78. The Morgan fingerprint density at radius 3 is 2.18 bits per heavy atom. The first-order valence-corrected chi connectivity index (χ1v) is 7.18. The number of nitro groups is 1. The molecule has 0 atom stereocenters. The highest BCUT2D eigenvalue weighted by Gasteiger charge is 2.12. The molecule has 1 aromatic heterocycles. The summed E-state index contributed by atoms with van der Waals surface area (Å²) in [5.74, 6) is 2.14. The zero-order valence-corrected chi connectivity index (χ0v) is 13.1. The van der Waals surface area contributed by atoms with Crippen molar-refractivity contribution in [2.75, 3.05) is 0 Å². The van der Waals surface area contributed by atoms with Gasteiger partial charge < -0.3 is 4.74 Å². The van der Waals surface area contributed by atoms with Crippen molar-refractivity contribution < 1.29 is 9.66 Å². The third-order valence-corrected chi connectivity index (χ3v) is 3.12. The van der Waals surface area contributed by atoms with Crippen LogP contribution in [0.1, 0.15) is 51.0 Å². The lowest BCUT2D eigenvalue weighted by molar-refractivity contribution is -0.384. The zero-order chi connectivity index (χ0) is 16.3. The Morgan fingerprint density at radius 1 is 1.05 bits per heavy atom. The maximum atomic E-state index is 10.7. The Kier molecular flexibility index (Phi) is 4.70. The number of nitro benzene ring substituents is 1. The SMILES string of the molecule is CC(C)c1cc(Oc2ccc([N+](=O)[O-])cc2)nc(C(C)C)n1. The van der Waals surface area contributed by atoms with Crippen molar-refractivity contribution in [2.45, 2.75) is 39.5 Å². The molecule has 0 bridgehead atoms. The Balaban J connectivity index is 2.29. The molecule has 1 heterocycles. The van der Waals surface area contributed by atoms with E-state index in [2.05, 4.69) is 23.8 Å². The molecule has 0 amide bonds. The smallest absolute Gasteiger partial charge is 0.269 e. The normalized spacial score (nSPS) is 11.0. The Labute approximate surface area is 129 Å². The Morgan fingerprint density at radius 2 is 1.68 bits per heavy atom. The van der Waals surface area contributed by atoms with E-state index in [0.717, 1.165) is 11.5 Å². The molecule has 6 nitrogen and oxygen atoms in total. The monoisotopic (exact) mass is 301 g/mol. The van der Waals surface area contributed by atoms with Crippen LogP contribution in [0, 0.1) is 10.1 Å². The van der Waals surface area contributed by atoms with Gasteiger partial charge in [-0.15, -0.1) is 0 Å². The molecule has 2 rings (SSSR count). The van der Waals surface area contributed by atoms with Crippen LogP contribution in [0.3, 0.4) is 0 Å². The first-order chi connectivity index (χ1) is 10.4. The van der Waals surface area contributed by atoms with Crippen molar-refractivity contribution in [1.29, 1.82) is 0 Å². The molecule has 1 aromatic carbocycles. The van der Waals surface area contributed by atoms with Crippen molar-refractivity contribution in [1.82, 2.24) is 9.97 Å². The summed E-state index contributed by atoms with van der Waals surface area (Å²) in [4.78, 5) is 19.1. The largest absolute Gasteiger partial charge is 0.439 e. The van der Waals surface area contributed by atoms with Crippen LogP contribution < -0.4 is 4.74 Å². The molecule has 2 aromatic rings. The lowest BCUT2D eigenvalue weighted by Crippen LogP contribution is -2.04. The number of ether oxygens (including phenoxy) is 1. The van der Waals surface area contributed by atoms with Gasteiger partial charge in [-0.3, -0.25) is 10.1 Å². The van der Waals surface area contributed by atoms with Crippen LogP contribution in [0.15, 0.2) is 30.3 Å². The second-order valence-electron chi connectivity index (χ2n) is 5.65. The first kappa shape index (κ1) is 15.9. The van der Waals surface area contributed by atoms with Crippen molar-refractivity contribution in [3.63, 3.8) is 0 Å².